The van der Waals surface area contributed by atoms with Crippen LogP contribution < -0.4 is 10.6 Å². The van der Waals surface area contributed by atoms with E-state index in [0.29, 0.717) is 58.0 Å². The average molecular weight is 633 g/mol. The summed E-state index contributed by atoms with van der Waals surface area (Å²) in [5, 5.41) is 6.50. The second-order valence-electron chi connectivity index (χ2n) is 13.5. The molecule has 0 spiro atoms. The van der Waals surface area contributed by atoms with Crippen molar-refractivity contribution >= 4 is 23.7 Å². The summed E-state index contributed by atoms with van der Waals surface area (Å²) in [7, 11) is 0. The van der Waals surface area contributed by atoms with Gasteiger partial charge in [0.2, 0.25) is 0 Å². The molecule has 4 aliphatic heterocycles. The smallest absolute Gasteiger partial charge is 0.410 e. The number of hydrogen-bond acceptors (Lipinski definition) is 6. The Kier molecular flexibility index (Phi) is 10.1. The quantitative estimate of drug-likeness (QED) is 0.492. The van der Waals surface area contributed by atoms with Gasteiger partial charge in [0, 0.05) is 71.4 Å². The first-order chi connectivity index (χ1) is 22.3. The second-order valence-corrected chi connectivity index (χ2v) is 13.5. The van der Waals surface area contributed by atoms with Crippen molar-refractivity contribution in [2.75, 3.05) is 64.2 Å². The Balaban J connectivity index is 0.00000433. The normalized spacial score (nSPS) is 20.9. The number of hydrogen-bond donors (Lipinski definition) is 2. The predicted octanol–water partition coefficient (Wildman–Crippen LogP) is 4.36. The molecule has 1 atom stereocenters. The number of nitrogens with zero attached hydrogens (tertiary/aromatic N) is 4. The second kappa shape index (κ2) is 14.4. The van der Waals surface area contributed by atoms with Gasteiger partial charge in [-0.05, 0) is 99.8 Å². The molecule has 3 fully saturated rings. The highest BCUT2D eigenvalue weighted by Crippen LogP contribution is 2.26. The van der Waals surface area contributed by atoms with Gasteiger partial charge in [-0.2, -0.15) is 0 Å². The van der Waals surface area contributed by atoms with Gasteiger partial charge in [-0.1, -0.05) is 30.3 Å². The van der Waals surface area contributed by atoms with Crippen LogP contribution in [-0.4, -0.2) is 115 Å². The molecule has 2 aromatic rings. The number of likely N-dealkylation sites (tertiary alicyclic amines) is 1. The first kappa shape index (κ1) is 32.3. The van der Waals surface area contributed by atoms with Crippen LogP contribution in [0.4, 0.5) is 15.3 Å². The number of para-hydroxylation sites is 1. The molecule has 10 nitrogen and oxygen atoms in total. The van der Waals surface area contributed by atoms with Gasteiger partial charge >= 0.3 is 12.1 Å². The Morgan fingerprint density at radius 2 is 1.54 bits per heavy atom. The molecule has 0 radical (unpaired) electrons. The molecular weight excluding hydrogens is 580 g/mol. The number of piperidine rings is 2. The van der Waals surface area contributed by atoms with Crippen LogP contribution in [0.5, 0.6) is 0 Å². The largest absolute Gasteiger partial charge is 0.436 e. The van der Waals surface area contributed by atoms with Crippen LogP contribution in [0.25, 0.3) is 0 Å². The first-order valence-corrected chi connectivity index (χ1v) is 17.2. The Hall–Kier alpha value is -3.63. The third kappa shape index (κ3) is 7.33. The van der Waals surface area contributed by atoms with E-state index < -0.39 is 12.2 Å². The zero-order chi connectivity index (χ0) is 32.2. The van der Waals surface area contributed by atoms with Crippen LogP contribution in [0, 0.1) is 20.8 Å². The summed E-state index contributed by atoms with van der Waals surface area (Å²) >= 11 is 0. The van der Waals surface area contributed by atoms with Crippen molar-refractivity contribution < 1.29 is 20.5 Å². The van der Waals surface area contributed by atoms with Crippen LogP contribution in [0.2, 0.25) is 0 Å². The molecule has 46 heavy (non-hydrogen) atoms. The van der Waals surface area contributed by atoms with Crippen molar-refractivity contribution in [3.63, 3.8) is 0 Å². The monoisotopic (exact) mass is 632 g/mol. The molecule has 0 unspecified atom stereocenters. The third-order valence-corrected chi connectivity index (χ3v) is 10.7. The Morgan fingerprint density at radius 1 is 0.870 bits per heavy atom. The molecule has 0 saturated carbocycles. The molecule has 4 heterocycles. The van der Waals surface area contributed by atoms with Crippen molar-refractivity contribution in [3.05, 3.63) is 64.2 Å². The standard InChI is InChI=1S/C36H50N6O4.H2/c1-25-22-28(23-26(2)27(25)3)24-33(34(43)40-20-18-39(19-21-40)30-8-13-37-14-9-30)46-36(45)41-15-11-31(12-16-41)42-17-10-29-6-4-5-7-32(29)38-35(42)44;/h4-7,22-23,30-31,33,37H,8-21,24H2,1-3H3,(H,38,44);1H/t33-;/m1./s1. The molecule has 0 aliphatic carbocycles. The van der Waals surface area contributed by atoms with Crippen LogP contribution in [0.15, 0.2) is 36.4 Å². The highest BCUT2D eigenvalue weighted by atomic mass is 16.6. The Morgan fingerprint density at radius 3 is 2.24 bits per heavy atom. The molecule has 250 valence electrons. The number of aryl methyl sites for hydroxylation is 2. The molecule has 4 aliphatic rings. The number of fused-ring (bicyclic) bond motifs is 1. The number of urea groups is 1. The lowest BCUT2D eigenvalue weighted by molar-refractivity contribution is -0.143. The van der Waals surface area contributed by atoms with Crippen LogP contribution in [-0.2, 0) is 22.4 Å². The summed E-state index contributed by atoms with van der Waals surface area (Å²) in [6.07, 6.45) is 3.46. The van der Waals surface area contributed by atoms with E-state index in [1.807, 2.05) is 28.0 Å². The lowest BCUT2D eigenvalue weighted by Crippen LogP contribution is -2.56. The van der Waals surface area contributed by atoms with Crippen molar-refractivity contribution in [1.82, 2.24) is 24.9 Å². The van der Waals surface area contributed by atoms with E-state index in [9.17, 15) is 14.4 Å². The van der Waals surface area contributed by atoms with Gasteiger partial charge in [0.05, 0.1) is 0 Å². The van der Waals surface area contributed by atoms with E-state index in [1.165, 1.54) is 16.7 Å². The van der Waals surface area contributed by atoms with E-state index >= 15 is 0 Å². The van der Waals surface area contributed by atoms with Gasteiger partial charge in [-0.3, -0.25) is 9.69 Å². The predicted molar refractivity (Wildman–Crippen MR) is 181 cm³/mol. The SMILES string of the molecule is Cc1cc(C[C@@H](OC(=O)N2CCC(N3CCc4ccccc4NC3=O)CC2)C(=O)N2CCN(C3CCNCC3)CC2)cc(C)c1C.[HH]. The molecule has 4 amide bonds. The fraction of sp³-hybridized carbons (Fsp3) is 0.583. The van der Waals surface area contributed by atoms with Gasteiger partial charge in [0.25, 0.3) is 5.91 Å². The number of nitrogens with one attached hydrogen (secondary N) is 2. The number of rotatable bonds is 6. The molecular formula is C36H52N6O4. The van der Waals surface area contributed by atoms with Crippen LogP contribution in [0.3, 0.4) is 0 Å². The lowest BCUT2D eigenvalue weighted by atomic mass is 9.97. The van der Waals surface area contributed by atoms with Gasteiger partial charge in [0.1, 0.15) is 0 Å². The highest BCUT2D eigenvalue weighted by molar-refractivity contribution is 5.91. The third-order valence-electron chi connectivity index (χ3n) is 10.7. The molecule has 2 aromatic carbocycles. The summed E-state index contributed by atoms with van der Waals surface area (Å²) in [5.74, 6) is -0.107. The number of ether oxygens (including phenoxy) is 1. The van der Waals surface area contributed by atoms with Crippen molar-refractivity contribution in [3.8, 4) is 0 Å². The Labute approximate surface area is 274 Å². The fourth-order valence-electron chi connectivity index (χ4n) is 7.61. The van der Waals surface area contributed by atoms with Crippen LogP contribution in [0.1, 0.15) is 54.9 Å². The fourth-order valence-corrected chi connectivity index (χ4v) is 7.61. The topological polar surface area (TPSA) is 97.5 Å². The maximum absolute atomic E-state index is 14.0. The molecule has 0 aromatic heterocycles. The van der Waals surface area contributed by atoms with Crippen molar-refractivity contribution in [1.29, 1.82) is 0 Å². The molecule has 10 heteroatoms. The van der Waals surface area contributed by atoms with E-state index in [-0.39, 0.29) is 19.4 Å². The molecule has 2 N–H and O–H groups in total. The zero-order valence-corrected chi connectivity index (χ0v) is 27.7. The molecule has 0 bridgehead atoms. The number of carbonyl (C=O) groups is 3. The number of carbonyl (C=O) groups excluding carboxylic acids is 3. The van der Waals surface area contributed by atoms with Crippen molar-refractivity contribution in [2.45, 2.75) is 77.5 Å². The van der Waals surface area contributed by atoms with Gasteiger partial charge < -0.3 is 30.1 Å². The summed E-state index contributed by atoms with van der Waals surface area (Å²) < 4.78 is 6.11. The summed E-state index contributed by atoms with van der Waals surface area (Å²) in [6.45, 7) is 13.0. The van der Waals surface area contributed by atoms with Crippen molar-refractivity contribution in [2.24, 2.45) is 0 Å². The number of anilines is 1. The van der Waals surface area contributed by atoms with E-state index in [4.69, 9.17) is 4.74 Å². The van der Waals surface area contributed by atoms with E-state index in [1.54, 1.807) is 4.90 Å². The number of piperazine rings is 1. The molecule has 3 saturated heterocycles. The van der Waals surface area contributed by atoms with E-state index in [0.717, 1.165) is 62.3 Å². The lowest BCUT2D eigenvalue weighted by Gasteiger charge is -2.41. The Bertz CT molecular complexity index is 1390. The number of amides is 4. The van der Waals surface area contributed by atoms with Gasteiger partial charge in [-0.25, -0.2) is 9.59 Å². The van der Waals surface area contributed by atoms with E-state index in [2.05, 4.69) is 54.5 Å². The molecule has 6 rings (SSSR count). The maximum Gasteiger partial charge on any atom is 0.410 e. The summed E-state index contributed by atoms with van der Waals surface area (Å²) in [4.78, 5) is 48.7. The zero-order valence-electron chi connectivity index (χ0n) is 27.7. The highest BCUT2D eigenvalue weighted by Gasteiger charge is 2.36. The minimum Gasteiger partial charge on any atom is -0.436 e. The maximum atomic E-state index is 14.0. The first-order valence-electron chi connectivity index (χ1n) is 17.2. The average Bonchev–Trinajstić information content (AvgIpc) is 3.25. The number of benzene rings is 2. The van der Waals surface area contributed by atoms with Gasteiger partial charge in [0.15, 0.2) is 6.10 Å². The van der Waals surface area contributed by atoms with Gasteiger partial charge in [-0.15, -0.1) is 0 Å². The minimum atomic E-state index is -0.882. The van der Waals surface area contributed by atoms with Crippen LogP contribution >= 0.6 is 0 Å². The summed E-state index contributed by atoms with van der Waals surface area (Å²) in [5.41, 5.74) is 6.60. The minimum absolute atomic E-state index is 0. The summed E-state index contributed by atoms with van der Waals surface area (Å²) in [6, 6.07) is 12.7.